The average molecular weight is 144 g/mol. The smallest absolute Gasteiger partial charge is 0.315 e. The Morgan fingerprint density at radius 3 is 2.20 bits per heavy atom. The molecule has 0 bridgehead atoms. The van der Waals surface area contributed by atoms with Crippen LogP contribution in [0.2, 0.25) is 0 Å². The van der Waals surface area contributed by atoms with E-state index in [4.69, 9.17) is 10.2 Å². The van der Waals surface area contributed by atoms with Crippen LogP contribution in [0.4, 0.5) is 0 Å². The quantitative estimate of drug-likeness (QED) is 0.571. The number of aliphatic carboxylic acids is 1. The van der Waals surface area contributed by atoms with E-state index >= 15 is 0 Å². The van der Waals surface area contributed by atoms with Crippen molar-refractivity contribution in [1.82, 2.24) is 0 Å². The molecule has 0 radical (unpaired) electrons. The minimum absolute atomic E-state index is 0.914. The molecular weight excluding hydrogens is 132 g/mol. The van der Waals surface area contributed by atoms with Crippen molar-refractivity contribution in [2.75, 3.05) is 0 Å². The second kappa shape index (κ2) is 2.84. The second-order valence-corrected chi connectivity index (χ2v) is 2.47. The number of carboxylic acid groups (broad SMARTS) is 1. The van der Waals surface area contributed by atoms with Gasteiger partial charge in [0, 0.05) is 0 Å². The summed E-state index contributed by atoms with van der Waals surface area (Å²) in [6, 6.07) is 0. The zero-order valence-electron chi connectivity index (χ0n) is 6.16. The molecule has 0 aromatic carbocycles. The summed E-state index contributed by atoms with van der Waals surface area (Å²) in [7, 11) is 0. The van der Waals surface area contributed by atoms with E-state index in [1.165, 1.54) is 19.9 Å². The van der Waals surface area contributed by atoms with Gasteiger partial charge in [0.15, 0.2) is 0 Å². The lowest BCUT2D eigenvalue weighted by Gasteiger charge is -2.22. The lowest BCUT2D eigenvalue weighted by molar-refractivity contribution is -0.150. The van der Waals surface area contributed by atoms with Crippen molar-refractivity contribution in [2.24, 2.45) is 5.41 Å². The molecule has 0 aliphatic rings. The molecule has 2 atom stereocenters. The molecular formula is C7H12O3. The topological polar surface area (TPSA) is 57.5 Å². The molecule has 0 heterocycles. The van der Waals surface area contributed by atoms with Crippen LogP contribution in [0.1, 0.15) is 13.8 Å². The zero-order valence-corrected chi connectivity index (χ0v) is 6.16. The Bertz CT molecular complexity index is 151. The van der Waals surface area contributed by atoms with Crippen LogP contribution in [-0.4, -0.2) is 22.3 Å². The maximum Gasteiger partial charge on any atom is 0.315 e. The van der Waals surface area contributed by atoms with Crippen LogP contribution < -0.4 is 0 Å². The molecule has 2 N–H and O–H groups in total. The Morgan fingerprint density at radius 1 is 1.80 bits per heavy atom. The van der Waals surface area contributed by atoms with Crippen LogP contribution in [-0.2, 0) is 4.79 Å². The molecule has 2 unspecified atom stereocenters. The normalized spacial score (nSPS) is 19.1. The third-order valence-electron chi connectivity index (χ3n) is 1.75. The highest BCUT2D eigenvalue weighted by atomic mass is 16.4. The molecule has 0 rings (SSSR count). The number of carboxylic acids is 1. The van der Waals surface area contributed by atoms with Crippen LogP contribution >= 0.6 is 0 Å². The fourth-order valence-electron chi connectivity index (χ4n) is 0.437. The summed E-state index contributed by atoms with van der Waals surface area (Å²) in [5.74, 6) is -1.06. The molecule has 0 amide bonds. The summed E-state index contributed by atoms with van der Waals surface area (Å²) in [6.45, 7) is 6.18. The molecule has 0 saturated heterocycles. The van der Waals surface area contributed by atoms with Gasteiger partial charge in [0.05, 0.1) is 6.10 Å². The van der Waals surface area contributed by atoms with Crippen LogP contribution in [0.15, 0.2) is 12.7 Å². The van der Waals surface area contributed by atoms with Gasteiger partial charge in [0.1, 0.15) is 5.41 Å². The monoisotopic (exact) mass is 144 g/mol. The number of aliphatic hydroxyl groups is 1. The largest absolute Gasteiger partial charge is 0.481 e. The molecule has 0 spiro atoms. The molecule has 3 heteroatoms. The van der Waals surface area contributed by atoms with Crippen LogP contribution in [0.25, 0.3) is 0 Å². The summed E-state index contributed by atoms with van der Waals surface area (Å²) < 4.78 is 0. The van der Waals surface area contributed by atoms with Crippen LogP contribution in [0.5, 0.6) is 0 Å². The SMILES string of the molecule is C=CC(C)(C(=O)O)C(C)O. The van der Waals surface area contributed by atoms with Gasteiger partial charge in [0.2, 0.25) is 0 Å². The summed E-state index contributed by atoms with van der Waals surface area (Å²) in [5.41, 5.74) is -1.22. The van der Waals surface area contributed by atoms with Crippen LogP contribution in [0, 0.1) is 5.41 Å². The van der Waals surface area contributed by atoms with Crippen molar-refractivity contribution in [3.05, 3.63) is 12.7 Å². The Kier molecular flexibility index (Phi) is 2.60. The van der Waals surface area contributed by atoms with Gasteiger partial charge in [-0.3, -0.25) is 4.79 Å². The van der Waals surface area contributed by atoms with Gasteiger partial charge in [-0.05, 0) is 13.8 Å². The molecule has 0 aliphatic carbocycles. The van der Waals surface area contributed by atoms with Crippen LogP contribution in [0.3, 0.4) is 0 Å². The molecule has 0 saturated carbocycles. The minimum Gasteiger partial charge on any atom is -0.481 e. The number of hydrogen-bond donors (Lipinski definition) is 2. The van der Waals surface area contributed by atoms with Gasteiger partial charge in [-0.1, -0.05) is 6.08 Å². The predicted molar refractivity (Wildman–Crippen MR) is 37.6 cm³/mol. The lowest BCUT2D eigenvalue weighted by atomic mass is 9.85. The first-order valence-corrected chi connectivity index (χ1v) is 3.00. The van der Waals surface area contributed by atoms with Gasteiger partial charge >= 0.3 is 5.97 Å². The molecule has 0 aromatic rings. The maximum atomic E-state index is 10.5. The molecule has 10 heavy (non-hydrogen) atoms. The van der Waals surface area contributed by atoms with Crippen molar-refractivity contribution in [2.45, 2.75) is 20.0 Å². The van der Waals surface area contributed by atoms with E-state index in [0.717, 1.165) is 0 Å². The van der Waals surface area contributed by atoms with Crippen molar-refractivity contribution in [3.8, 4) is 0 Å². The van der Waals surface area contributed by atoms with Crippen molar-refractivity contribution in [1.29, 1.82) is 0 Å². The van der Waals surface area contributed by atoms with Crippen molar-refractivity contribution in [3.63, 3.8) is 0 Å². The second-order valence-electron chi connectivity index (χ2n) is 2.47. The molecule has 58 valence electrons. The van der Waals surface area contributed by atoms with E-state index in [-0.39, 0.29) is 0 Å². The summed E-state index contributed by atoms with van der Waals surface area (Å²) in [6.07, 6.45) is 0.322. The summed E-state index contributed by atoms with van der Waals surface area (Å²) in [5, 5.41) is 17.6. The van der Waals surface area contributed by atoms with E-state index in [1.54, 1.807) is 0 Å². The fourth-order valence-corrected chi connectivity index (χ4v) is 0.437. The lowest BCUT2D eigenvalue weighted by Crippen LogP contribution is -2.35. The van der Waals surface area contributed by atoms with E-state index < -0.39 is 17.5 Å². The molecule has 0 aliphatic heterocycles. The Labute approximate surface area is 60.0 Å². The number of carbonyl (C=O) groups is 1. The van der Waals surface area contributed by atoms with Crippen molar-refractivity contribution >= 4 is 5.97 Å². The minimum atomic E-state index is -1.22. The highest BCUT2D eigenvalue weighted by Crippen LogP contribution is 2.22. The van der Waals surface area contributed by atoms with Gasteiger partial charge < -0.3 is 10.2 Å². The Morgan fingerprint density at radius 2 is 2.20 bits per heavy atom. The highest BCUT2D eigenvalue weighted by Gasteiger charge is 2.34. The van der Waals surface area contributed by atoms with E-state index in [9.17, 15) is 4.79 Å². The van der Waals surface area contributed by atoms with E-state index in [0.29, 0.717) is 0 Å². The first kappa shape index (κ1) is 9.17. The van der Waals surface area contributed by atoms with Crippen molar-refractivity contribution < 1.29 is 15.0 Å². The van der Waals surface area contributed by atoms with Gasteiger partial charge in [-0.15, -0.1) is 6.58 Å². The Balaban J connectivity index is 4.54. The first-order valence-electron chi connectivity index (χ1n) is 3.00. The number of aliphatic hydroxyl groups excluding tert-OH is 1. The van der Waals surface area contributed by atoms with Gasteiger partial charge in [-0.2, -0.15) is 0 Å². The third-order valence-corrected chi connectivity index (χ3v) is 1.75. The summed E-state index contributed by atoms with van der Waals surface area (Å²) >= 11 is 0. The molecule has 0 fully saturated rings. The van der Waals surface area contributed by atoms with Gasteiger partial charge in [0.25, 0.3) is 0 Å². The molecule has 0 aromatic heterocycles. The maximum absolute atomic E-state index is 10.5. The predicted octanol–water partition coefficient (Wildman–Crippen LogP) is 0.644. The third kappa shape index (κ3) is 1.36. The van der Waals surface area contributed by atoms with E-state index in [2.05, 4.69) is 6.58 Å². The molecule has 3 nitrogen and oxygen atoms in total. The van der Waals surface area contributed by atoms with Gasteiger partial charge in [-0.25, -0.2) is 0 Å². The summed E-state index contributed by atoms with van der Waals surface area (Å²) in [4.78, 5) is 10.5. The number of rotatable bonds is 3. The fraction of sp³-hybridized carbons (Fsp3) is 0.571. The van der Waals surface area contributed by atoms with E-state index in [1.807, 2.05) is 0 Å². The standard InChI is InChI=1S/C7H12O3/c1-4-7(3,5(2)8)6(9)10/h4-5,8H,1H2,2-3H3,(H,9,10). The highest BCUT2D eigenvalue weighted by molar-refractivity contribution is 5.77. The average Bonchev–Trinajstić information content (AvgIpc) is 1.85. The zero-order chi connectivity index (χ0) is 8.36. The first-order chi connectivity index (χ1) is 4.45. The Hall–Kier alpha value is -0.830. The number of hydrogen-bond acceptors (Lipinski definition) is 2.